The molecule has 1 saturated heterocycles. The fourth-order valence-corrected chi connectivity index (χ4v) is 3.76. The summed E-state index contributed by atoms with van der Waals surface area (Å²) in [5.41, 5.74) is 3.34. The predicted molar refractivity (Wildman–Crippen MR) is 75.8 cm³/mol. The van der Waals surface area contributed by atoms with Gasteiger partial charge in [-0.05, 0) is 50.3 Å². The number of rotatable bonds is 3. The molecule has 0 unspecified atom stereocenters. The van der Waals surface area contributed by atoms with E-state index in [2.05, 4.69) is 10.3 Å². The first-order valence-corrected chi connectivity index (χ1v) is 7.52. The highest BCUT2D eigenvalue weighted by Crippen LogP contribution is 2.46. The van der Waals surface area contributed by atoms with E-state index in [0.717, 1.165) is 18.8 Å². The molecule has 1 aromatic rings. The van der Waals surface area contributed by atoms with Crippen LogP contribution in [0.5, 0.6) is 0 Å². The fourth-order valence-electron chi connectivity index (χ4n) is 3.76. The van der Waals surface area contributed by atoms with E-state index in [1.54, 1.807) is 12.3 Å². The van der Waals surface area contributed by atoms with Crippen LogP contribution >= 0.6 is 0 Å². The average molecular weight is 277 g/mol. The number of piperidine rings is 1. The van der Waals surface area contributed by atoms with Crippen molar-refractivity contribution in [1.29, 1.82) is 0 Å². The van der Waals surface area contributed by atoms with Gasteiger partial charge in [0.25, 0.3) is 5.91 Å². The molecule has 1 aliphatic heterocycles. The summed E-state index contributed by atoms with van der Waals surface area (Å²) in [4.78, 5) is 14.0. The first-order chi connectivity index (χ1) is 9.72. The van der Waals surface area contributed by atoms with Crippen molar-refractivity contribution in [2.75, 3.05) is 13.1 Å². The van der Waals surface area contributed by atoms with Crippen molar-refractivity contribution < 1.29 is 9.21 Å². The molecule has 0 aromatic carbocycles. The van der Waals surface area contributed by atoms with E-state index in [1.165, 1.54) is 38.5 Å². The minimum Gasteiger partial charge on any atom is -0.467 e. The minimum atomic E-state index is -0.280. The van der Waals surface area contributed by atoms with Gasteiger partial charge in [-0.3, -0.25) is 15.1 Å². The van der Waals surface area contributed by atoms with Crippen molar-refractivity contribution in [3.63, 3.8) is 0 Å². The fraction of sp³-hybridized carbons (Fsp3) is 0.667. The lowest BCUT2D eigenvalue weighted by atomic mass is 9.77. The number of hydrogen-bond acceptors (Lipinski definition) is 4. The monoisotopic (exact) mass is 277 g/mol. The Morgan fingerprint density at radius 3 is 2.65 bits per heavy atom. The van der Waals surface area contributed by atoms with Crippen molar-refractivity contribution in [3.05, 3.63) is 23.7 Å². The van der Waals surface area contributed by atoms with Gasteiger partial charge in [0.05, 0.1) is 18.4 Å². The van der Waals surface area contributed by atoms with E-state index in [4.69, 9.17) is 10.3 Å². The van der Waals surface area contributed by atoms with Crippen LogP contribution in [-0.2, 0) is 6.54 Å². The van der Waals surface area contributed by atoms with Gasteiger partial charge in [0.2, 0.25) is 0 Å². The molecular weight excluding hydrogens is 254 g/mol. The SMILES string of the molecule is NNC(=O)c1ccoc1CN1CCC2(CCCC2)CC1. The van der Waals surface area contributed by atoms with E-state index in [-0.39, 0.29) is 5.91 Å². The topological polar surface area (TPSA) is 71.5 Å². The molecule has 0 atom stereocenters. The molecule has 2 aliphatic rings. The van der Waals surface area contributed by atoms with Crippen molar-refractivity contribution >= 4 is 5.91 Å². The lowest BCUT2D eigenvalue weighted by Gasteiger charge is -2.39. The zero-order valence-electron chi connectivity index (χ0n) is 11.9. The van der Waals surface area contributed by atoms with Gasteiger partial charge in [-0.1, -0.05) is 12.8 Å². The third-order valence-electron chi connectivity index (χ3n) is 5.07. The van der Waals surface area contributed by atoms with Gasteiger partial charge in [-0.25, -0.2) is 5.84 Å². The van der Waals surface area contributed by atoms with Crippen LogP contribution in [0.25, 0.3) is 0 Å². The maximum absolute atomic E-state index is 11.6. The molecule has 3 N–H and O–H groups in total. The van der Waals surface area contributed by atoms with Gasteiger partial charge in [-0.15, -0.1) is 0 Å². The molecule has 1 spiro atoms. The molecule has 20 heavy (non-hydrogen) atoms. The quantitative estimate of drug-likeness (QED) is 0.504. The van der Waals surface area contributed by atoms with Gasteiger partial charge in [0, 0.05) is 0 Å². The molecule has 5 nitrogen and oxygen atoms in total. The minimum absolute atomic E-state index is 0.280. The number of hydrazine groups is 1. The summed E-state index contributed by atoms with van der Waals surface area (Å²) < 4.78 is 5.45. The summed E-state index contributed by atoms with van der Waals surface area (Å²) in [6, 6.07) is 1.68. The molecule has 0 bridgehead atoms. The number of nitrogen functional groups attached to an aromatic ring is 1. The first kappa shape index (κ1) is 13.6. The zero-order chi connectivity index (χ0) is 14.0. The van der Waals surface area contributed by atoms with Crippen LogP contribution in [0.1, 0.15) is 54.6 Å². The largest absolute Gasteiger partial charge is 0.467 e. The number of amides is 1. The van der Waals surface area contributed by atoms with Crippen molar-refractivity contribution in [2.45, 2.75) is 45.1 Å². The normalized spacial score (nSPS) is 22.2. The summed E-state index contributed by atoms with van der Waals surface area (Å²) in [6.45, 7) is 2.90. The Bertz CT molecular complexity index is 467. The summed E-state index contributed by atoms with van der Waals surface area (Å²) in [7, 11) is 0. The third kappa shape index (κ3) is 2.60. The van der Waals surface area contributed by atoms with E-state index in [1.807, 2.05) is 0 Å². The lowest BCUT2D eigenvalue weighted by Crippen LogP contribution is -2.38. The first-order valence-electron chi connectivity index (χ1n) is 7.52. The van der Waals surface area contributed by atoms with Gasteiger partial charge < -0.3 is 4.42 Å². The zero-order valence-corrected chi connectivity index (χ0v) is 11.9. The molecule has 2 heterocycles. The molecule has 110 valence electrons. The maximum atomic E-state index is 11.6. The van der Waals surface area contributed by atoms with Crippen molar-refractivity contribution in [3.8, 4) is 0 Å². The lowest BCUT2D eigenvalue weighted by molar-refractivity contribution is 0.0920. The number of nitrogens with zero attached hydrogens (tertiary/aromatic N) is 1. The average Bonchev–Trinajstić information content (AvgIpc) is 3.11. The maximum Gasteiger partial charge on any atom is 0.268 e. The summed E-state index contributed by atoms with van der Waals surface area (Å²) >= 11 is 0. The molecular formula is C15H23N3O2. The Morgan fingerprint density at radius 1 is 1.30 bits per heavy atom. The van der Waals surface area contributed by atoms with Crippen LogP contribution in [0.2, 0.25) is 0 Å². The Labute approximate surface area is 119 Å². The Kier molecular flexibility index (Phi) is 3.81. The summed E-state index contributed by atoms with van der Waals surface area (Å²) in [5, 5.41) is 0. The van der Waals surface area contributed by atoms with E-state index in [9.17, 15) is 4.79 Å². The molecule has 1 saturated carbocycles. The molecule has 0 radical (unpaired) electrons. The molecule has 1 aromatic heterocycles. The van der Waals surface area contributed by atoms with Gasteiger partial charge >= 0.3 is 0 Å². The number of nitrogens with one attached hydrogen (secondary N) is 1. The number of likely N-dealkylation sites (tertiary alicyclic amines) is 1. The smallest absolute Gasteiger partial charge is 0.268 e. The number of furan rings is 1. The van der Waals surface area contributed by atoms with Crippen LogP contribution in [0, 0.1) is 5.41 Å². The van der Waals surface area contributed by atoms with Gasteiger partial charge in [0.1, 0.15) is 5.76 Å². The Balaban J connectivity index is 1.60. The van der Waals surface area contributed by atoms with E-state index in [0.29, 0.717) is 17.5 Å². The van der Waals surface area contributed by atoms with Crippen molar-refractivity contribution in [2.24, 2.45) is 11.3 Å². The second kappa shape index (κ2) is 5.58. The molecule has 2 fully saturated rings. The van der Waals surface area contributed by atoms with Crippen LogP contribution in [-0.4, -0.2) is 23.9 Å². The summed E-state index contributed by atoms with van der Waals surface area (Å²) in [5.74, 6) is 5.63. The Hall–Kier alpha value is -1.33. The number of carbonyl (C=O) groups is 1. The molecule has 5 heteroatoms. The highest BCUT2D eigenvalue weighted by atomic mass is 16.3. The van der Waals surface area contributed by atoms with Gasteiger partial charge in [0.15, 0.2) is 0 Å². The number of hydrogen-bond donors (Lipinski definition) is 2. The second-order valence-electron chi connectivity index (χ2n) is 6.21. The van der Waals surface area contributed by atoms with E-state index < -0.39 is 0 Å². The number of carbonyl (C=O) groups excluding carboxylic acids is 1. The molecule has 1 aliphatic carbocycles. The van der Waals surface area contributed by atoms with Crippen LogP contribution in [0.15, 0.2) is 16.7 Å². The standard InChI is InChI=1S/C15H23N3O2/c16-17-14(19)12-3-10-20-13(12)11-18-8-6-15(7-9-18)4-1-2-5-15/h3,10H,1-2,4-9,11,16H2,(H,17,19). The third-order valence-corrected chi connectivity index (χ3v) is 5.07. The Morgan fingerprint density at radius 2 is 2.00 bits per heavy atom. The van der Waals surface area contributed by atoms with Gasteiger partial charge in [-0.2, -0.15) is 0 Å². The van der Waals surface area contributed by atoms with Crippen molar-refractivity contribution in [1.82, 2.24) is 10.3 Å². The predicted octanol–water partition coefficient (Wildman–Crippen LogP) is 2.04. The summed E-state index contributed by atoms with van der Waals surface area (Å²) in [6.07, 6.45) is 9.74. The van der Waals surface area contributed by atoms with Crippen LogP contribution in [0.3, 0.4) is 0 Å². The second-order valence-corrected chi connectivity index (χ2v) is 6.21. The van der Waals surface area contributed by atoms with Crippen LogP contribution in [0.4, 0.5) is 0 Å². The highest BCUT2D eigenvalue weighted by Gasteiger charge is 2.37. The van der Waals surface area contributed by atoms with E-state index >= 15 is 0 Å². The molecule has 1 amide bonds. The highest BCUT2D eigenvalue weighted by molar-refractivity contribution is 5.94. The number of nitrogens with two attached hydrogens (primary N) is 1. The molecule has 3 rings (SSSR count). The van der Waals surface area contributed by atoms with Crippen LogP contribution < -0.4 is 11.3 Å².